The van der Waals surface area contributed by atoms with Crippen LogP contribution < -0.4 is 10.6 Å². The molecular formula is C31H39F3N8O3. The zero-order valence-corrected chi connectivity index (χ0v) is 25.3. The van der Waals surface area contributed by atoms with E-state index in [1.54, 1.807) is 29.0 Å². The molecule has 0 bridgehead atoms. The van der Waals surface area contributed by atoms with Crippen molar-refractivity contribution in [1.29, 1.82) is 0 Å². The van der Waals surface area contributed by atoms with E-state index in [1.807, 2.05) is 30.3 Å². The molecule has 2 aliphatic rings. The monoisotopic (exact) mass is 628 g/mol. The number of amides is 3. The van der Waals surface area contributed by atoms with Gasteiger partial charge in [0.15, 0.2) is 0 Å². The summed E-state index contributed by atoms with van der Waals surface area (Å²) in [5.74, 6) is -0.980. The Morgan fingerprint density at radius 1 is 1.07 bits per heavy atom. The minimum Gasteiger partial charge on any atom is -0.350 e. The molecule has 3 amide bonds. The number of rotatable bonds is 12. The first-order valence-electron chi connectivity index (χ1n) is 15.4. The topological polar surface area (TPSA) is 125 Å². The van der Waals surface area contributed by atoms with Gasteiger partial charge in [0.25, 0.3) is 0 Å². The number of hydrogen-bond donors (Lipinski definition) is 2. The third-order valence-corrected chi connectivity index (χ3v) is 8.59. The first-order valence-corrected chi connectivity index (χ1v) is 15.4. The van der Waals surface area contributed by atoms with Crippen LogP contribution in [0, 0.1) is 5.92 Å². The number of halogens is 3. The molecule has 0 spiro atoms. The fourth-order valence-electron chi connectivity index (χ4n) is 6.21. The van der Waals surface area contributed by atoms with Crippen molar-refractivity contribution >= 4 is 28.8 Å². The molecule has 14 heteroatoms. The number of likely N-dealkylation sites (tertiary alicyclic amines) is 2. The lowest BCUT2D eigenvalue weighted by Crippen LogP contribution is -2.53. The Labute approximate surface area is 259 Å². The van der Waals surface area contributed by atoms with Gasteiger partial charge >= 0.3 is 6.18 Å². The van der Waals surface area contributed by atoms with Crippen molar-refractivity contribution in [3.63, 3.8) is 0 Å². The van der Waals surface area contributed by atoms with Gasteiger partial charge in [-0.15, -0.1) is 5.10 Å². The van der Waals surface area contributed by atoms with Crippen LogP contribution in [-0.2, 0) is 34.4 Å². The summed E-state index contributed by atoms with van der Waals surface area (Å²) >= 11 is 0. The maximum Gasteiger partial charge on any atom is 0.390 e. The van der Waals surface area contributed by atoms with Crippen molar-refractivity contribution in [2.75, 3.05) is 26.2 Å². The maximum atomic E-state index is 14.0. The highest BCUT2D eigenvalue weighted by atomic mass is 19.4. The molecule has 0 saturated carbocycles. The van der Waals surface area contributed by atoms with Gasteiger partial charge in [0.2, 0.25) is 17.7 Å². The molecule has 3 aromatic rings. The van der Waals surface area contributed by atoms with Crippen LogP contribution >= 0.6 is 0 Å². The van der Waals surface area contributed by atoms with Gasteiger partial charge in [-0.2, -0.15) is 13.2 Å². The third kappa shape index (κ3) is 8.56. The summed E-state index contributed by atoms with van der Waals surface area (Å²) in [6.45, 7) is 1.30. The van der Waals surface area contributed by atoms with Crippen LogP contribution in [0.25, 0.3) is 11.0 Å². The summed E-state index contributed by atoms with van der Waals surface area (Å²) in [4.78, 5) is 47.7. The molecule has 3 atom stereocenters. The predicted octanol–water partition coefficient (Wildman–Crippen LogP) is 2.75. The molecule has 0 aliphatic carbocycles. The lowest BCUT2D eigenvalue weighted by molar-refractivity contribution is -0.142. The summed E-state index contributed by atoms with van der Waals surface area (Å²) in [6, 6.07) is 7.49. The number of fused-ring (bicyclic) bond motifs is 1. The van der Waals surface area contributed by atoms with E-state index in [0.29, 0.717) is 31.4 Å². The molecule has 5 rings (SSSR count). The fourth-order valence-corrected chi connectivity index (χ4v) is 6.21. The van der Waals surface area contributed by atoms with Gasteiger partial charge in [-0.05, 0) is 73.4 Å². The molecule has 0 radical (unpaired) electrons. The van der Waals surface area contributed by atoms with E-state index >= 15 is 0 Å². The average Bonchev–Trinajstić information content (AvgIpc) is 3.78. The number of aromatic nitrogens is 4. The third-order valence-electron chi connectivity index (χ3n) is 8.59. The number of nitrogens with one attached hydrogen (secondary N) is 2. The Morgan fingerprint density at radius 3 is 2.56 bits per heavy atom. The zero-order chi connectivity index (χ0) is 32.0. The van der Waals surface area contributed by atoms with Crippen LogP contribution in [0.5, 0.6) is 0 Å². The normalized spacial score (nSPS) is 19.3. The first kappa shape index (κ1) is 32.3. The van der Waals surface area contributed by atoms with Crippen molar-refractivity contribution < 1.29 is 27.6 Å². The van der Waals surface area contributed by atoms with E-state index in [9.17, 15) is 27.6 Å². The molecule has 2 N–H and O–H groups in total. The Morgan fingerprint density at radius 2 is 1.82 bits per heavy atom. The van der Waals surface area contributed by atoms with Crippen molar-refractivity contribution in [3.8, 4) is 0 Å². The summed E-state index contributed by atoms with van der Waals surface area (Å²) in [6.07, 6.45) is 0.766. The highest BCUT2D eigenvalue weighted by Crippen LogP contribution is 2.28. The van der Waals surface area contributed by atoms with E-state index in [0.717, 1.165) is 29.5 Å². The number of nitrogens with zero attached hydrogens (tertiary/aromatic N) is 6. The van der Waals surface area contributed by atoms with Gasteiger partial charge in [0.1, 0.15) is 11.6 Å². The average molecular weight is 629 g/mol. The second kappa shape index (κ2) is 14.4. The molecular weight excluding hydrogens is 589 g/mol. The Balaban J connectivity index is 1.31. The number of carbonyl (C=O) groups is 3. The number of alkyl halides is 3. The second-order valence-electron chi connectivity index (χ2n) is 11.9. The Bertz CT molecular complexity index is 1480. The maximum absolute atomic E-state index is 14.0. The highest BCUT2D eigenvalue weighted by molar-refractivity contribution is 5.91. The number of carbonyl (C=O) groups excluding carboxylic acids is 3. The number of benzene rings is 1. The van der Waals surface area contributed by atoms with Crippen LogP contribution in [0.1, 0.15) is 49.7 Å². The molecule has 11 nitrogen and oxygen atoms in total. The van der Waals surface area contributed by atoms with Crippen LogP contribution in [-0.4, -0.2) is 91.9 Å². The van der Waals surface area contributed by atoms with Gasteiger partial charge in [-0.1, -0.05) is 11.3 Å². The fraction of sp³-hybridized carbons (Fsp3) is 0.548. The quantitative estimate of drug-likeness (QED) is 0.316. The van der Waals surface area contributed by atoms with Crippen molar-refractivity contribution in [1.82, 2.24) is 40.4 Å². The van der Waals surface area contributed by atoms with Gasteiger partial charge in [0.05, 0.1) is 18.0 Å². The summed E-state index contributed by atoms with van der Waals surface area (Å²) in [5, 5.41) is 13.8. The molecule has 242 valence electrons. The summed E-state index contributed by atoms with van der Waals surface area (Å²) in [5.41, 5.74) is 3.36. The predicted molar refractivity (Wildman–Crippen MR) is 159 cm³/mol. The van der Waals surface area contributed by atoms with Crippen molar-refractivity contribution in [3.05, 3.63) is 53.9 Å². The highest BCUT2D eigenvalue weighted by Gasteiger charge is 2.42. The van der Waals surface area contributed by atoms with Crippen LogP contribution in [0.3, 0.4) is 0 Å². The summed E-state index contributed by atoms with van der Waals surface area (Å²) in [7, 11) is 1.79. The number of aryl methyl sites for hydroxylation is 1. The second-order valence-corrected chi connectivity index (χ2v) is 11.9. The van der Waals surface area contributed by atoms with Crippen LogP contribution in [0.4, 0.5) is 13.2 Å². The van der Waals surface area contributed by atoms with Crippen molar-refractivity contribution in [2.24, 2.45) is 13.0 Å². The number of pyridine rings is 1. The minimum atomic E-state index is -4.40. The standard InChI is InChI=1S/C31H39F3N8O3/c1-40-26-6-4-22(17-25(26)38-39-40)19-37-29(44)27-18-23(16-21-8-11-35-12-9-21)20-42(27)30(45)24(36-13-10-31(32,33)34)5-7-28(43)41-14-2-3-15-41/h4,6,8-9,11-12,17,23-24,27,36H,2-3,5,7,10,13-16,18-20H2,1H3,(H,37,44). The van der Waals surface area contributed by atoms with Gasteiger partial charge in [0, 0.05) is 58.6 Å². The van der Waals surface area contributed by atoms with E-state index < -0.39 is 37.1 Å². The molecule has 4 heterocycles. The van der Waals surface area contributed by atoms with Crippen LogP contribution in [0.15, 0.2) is 42.7 Å². The summed E-state index contributed by atoms with van der Waals surface area (Å²) < 4.78 is 40.7. The smallest absolute Gasteiger partial charge is 0.350 e. The zero-order valence-electron chi connectivity index (χ0n) is 25.3. The molecule has 1 aromatic carbocycles. The SMILES string of the molecule is Cn1nnc2cc(CNC(=O)C3CC(Cc4ccncc4)CN3C(=O)C(CCC(=O)N3CCCC3)NCCC(F)(F)F)ccc21. The molecule has 2 fully saturated rings. The van der Waals surface area contributed by atoms with E-state index in [2.05, 4.69) is 25.9 Å². The van der Waals surface area contributed by atoms with Gasteiger partial charge < -0.3 is 20.4 Å². The molecule has 45 heavy (non-hydrogen) atoms. The molecule has 2 aliphatic heterocycles. The minimum absolute atomic E-state index is 0.0332. The molecule has 2 aromatic heterocycles. The molecule has 2 saturated heterocycles. The Kier molecular flexibility index (Phi) is 10.3. The lowest BCUT2D eigenvalue weighted by atomic mass is 9.97. The van der Waals surface area contributed by atoms with Crippen molar-refractivity contribution in [2.45, 2.75) is 69.8 Å². The van der Waals surface area contributed by atoms with E-state index in [4.69, 9.17) is 0 Å². The largest absolute Gasteiger partial charge is 0.390 e. The first-order chi connectivity index (χ1) is 21.6. The van der Waals surface area contributed by atoms with E-state index in [-0.39, 0.29) is 43.7 Å². The number of hydrogen-bond acceptors (Lipinski definition) is 7. The lowest BCUT2D eigenvalue weighted by Gasteiger charge is -2.29. The Hall–Kier alpha value is -4.07. The van der Waals surface area contributed by atoms with Gasteiger partial charge in [-0.25, -0.2) is 4.68 Å². The van der Waals surface area contributed by atoms with E-state index in [1.165, 1.54) is 4.90 Å². The van der Waals surface area contributed by atoms with Crippen LogP contribution in [0.2, 0.25) is 0 Å². The molecule has 3 unspecified atom stereocenters. The van der Waals surface area contributed by atoms with Gasteiger partial charge in [-0.3, -0.25) is 19.4 Å².